The Balaban J connectivity index is 2.75. The van der Waals surface area contributed by atoms with Gasteiger partial charge in [-0.25, -0.2) is 0 Å². The van der Waals surface area contributed by atoms with E-state index < -0.39 is 0 Å². The third-order valence-corrected chi connectivity index (χ3v) is 3.17. The van der Waals surface area contributed by atoms with Gasteiger partial charge in [0.2, 0.25) is 0 Å². The lowest BCUT2D eigenvalue weighted by Crippen LogP contribution is -1.92. The zero-order valence-corrected chi connectivity index (χ0v) is 9.57. The lowest BCUT2D eigenvalue weighted by Gasteiger charge is -2.14. The van der Waals surface area contributed by atoms with Crippen molar-refractivity contribution in [1.29, 1.82) is 0 Å². The van der Waals surface area contributed by atoms with E-state index in [-0.39, 0.29) is 11.7 Å². The zero-order valence-electron chi connectivity index (χ0n) is 9.57. The van der Waals surface area contributed by atoms with Gasteiger partial charge in [-0.2, -0.15) is 0 Å². The van der Waals surface area contributed by atoms with Gasteiger partial charge in [-0.3, -0.25) is 0 Å². The van der Waals surface area contributed by atoms with Gasteiger partial charge in [0.05, 0.1) is 0 Å². The average molecular weight is 216 g/mol. The third-order valence-electron chi connectivity index (χ3n) is 3.17. The largest absolute Gasteiger partial charge is 0.507 e. The number of benzene rings is 2. The van der Waals surface area contributed by atoms with Crippen molar-refractivity contribution in [1.82, 2.24) is 0 Å². The molecular weight excluding hydrogens is 200 g/mol. The lowest BCUT2D eigenvalue weighted by atomic mass is 9.94. The molecule has 1 atom stereocenters. The number of hydrogen-bond acceptors (Lipinski definition) is 2. The summed E-state index contributed by atoms with van der Waals surface area (Å²) in [6.45, 7) is 4.11. The number of rotatable bonds is 2. The number of fused-ring (bicyclic) bond motifs is 1. The molecule has 2 N–H and O–H groups in total. The Morgan fingerprint density at radius 1 is 1.12 bits per heavy atom. The monoisotopic (exact) mass is 216 g/mol. The van der Waals surface area contributed by atoms with E-state index in [9.17, 15) is 10.2 Å². The van der Waals surface area contributed by atoms with E-state index in [1.807, 2.05) is 31.2 Å². The molecule has 2 nitrogen and oxygen atoms in total. The van der Waals surface area contributed by atoms with Crippen LogP contribution in [-0.2, 0) is 0 Å². The van der Waals surface area contributed by atoms with Crippen molar-refractivity contribution >= 4 is 10.8 Å². The highest BCUT2D eigenvalue weighted by molar-refractivity contribution is 5.94. The fourth-order valence-electron chi connectivity index (χ4n) is 1.96. The molecule has 2 heteroatoms. The average Bonchev–Trinajstić information content (AvgIpc) is 2.33. The molecule has 0 heterocycles. The Bertz CT molecular complexity index is 517. The third kappa shape index (κ3) is 1.60. The second kappa shape index (κ2) is 4.05. The van der Waals surface area contributed by atoms with Crippen molar-refractivity contribution in [3.05, 3.63) is 35.9 Å². The summed E-state index contributed by atoms with van der Waals surface area (Å²) in [5, 5.41) is 21.5. The molecule has 0 radical (unpaired) electrons. The molecule has 2 aromatic carbocycles. The van der Waals surface area contributed by atoms with Gasteiger partial charge in [-0.05, 0) is 18.4 Å². The Morgan fingerprint density at radius 2 is 1.75 bits per heavy atom. The summed E-state index contributed by atoms with van der Waals surface area (Å²) < 4.78 is 0. The van der Waals surface area contributed by atoms with Crippen LogP contribution in [-0.4, -0.2) is 10.2 Å². The minimum absolute atomic E-state index is 0.240. The first-order valence-corrected chi connectivity index (χ1v) is 5.58. The van der Waals surface area contributed by atoms with Gasteiger partial charge in [0.15, 0.2) is 0 Å². The summed E-state index contributed by atoms with van der Waals surface area (Å²) in [6, 6.07) is 9.03. The Morgan fingerprint density at radius 3 is 2.38 bits per heavy atom. The highest BCUT2D eigenvalue weighted by Gasteiger charge is 2.14. The van der Waals surface area contributed by atoms with E-state index in [4.69, 9.17) is 0 Å². The maximum Gasteiger partial charge on any atom is 0.127 e. The molecule has 0 saturated heterocycles. The smallest absolute Gasteiger partial charge is 0.127 e. The Labute approximate surface area is 95.2 Å². The molecule has 16 heavy (non-hydrogen) atoms. The molecule has 0 bridgehead atoms. The van der Waals surface area contributed by atoms with E-state index in [1.165, 1.54) is 0 Å². The van der Waals surface area contributed by atoms with Gasteiger partial charge in [0, 0.05) is 16.3 Å². The molecule has 0 amide bonds. The first kappa shape index (κ1) is 10.8. The van der Waals surface area contributed by atoms with Crippen LogP contribution in [0.1, 0.15) is 31.7 Å². The summed E-state index contributed by atoms with van der Waals surface area (Å²) in [5.41, 5.74) is 0.818. The maximum absolute atomic E-state index is 10.2. The second-order valence-electron chi connectivity index (χ2n) is 4.19. The van der Waals surface area contributed by atoms with Crippen LogP contribution in [0.2, 0.25) is 0 Å². The number of phenols is 2. The molecule has 0 saturated carbocycles. The molecule has 0 aliphatic heterocycles. The second-order valence-corrected chi connectivity index (χ2v) is 4.19. The number of phenolic OH excluding ortho intramolecular Hbond substituents is 2. The van der Waals surface area contributed by atoms with E-state index >= 15 is 0 Å². The highest BCUT2D eigenvalue weighted by Crippen LogP contribution is 2.39. The molecule has 0 fully saturated rings. The van der Waals surface area contributed by atoms with Crippen molar-refractivity contribution in [2.24, 2.45) is 0 Å². The number of hydrogen-bond donors (Lipinski definition) is 2. The van der Waals surface area contributed by atoms with Gasteiger partial charge in [-0.1, -0.05) is 38.1 Å². The van der Waals surface area contributed by atoms with Crippen LogP contribution >= 0.6 is 0 Å². The predicted octanol–water partition coefficient (Wildman–Crippen LogP) is 3.76. The van der Waals surface area contributed by atoms with Gasteiger partial charge in [-0.15, -0.1) is 0 Å². The summed E-state index contributed by atoms with van der Waals surface area (Å²) >= 11 is 0. The fourth-order valence-corrected chi connectivity index (χ4v) is 1.96. The van der Waals surface area contributed by atoms with E-state index in [0.717, 1.165) is 17.4 Å². The van der Waals surface area contributed by atoms with E-state index in [1.54, 1.807) is 6.07 Å². The molecule has 0 aliphatic carbocycles. The van der Waals surface area contributed by atoms with Crippen LogP contribution in [0.5, 0.6) is 11.5 Å². The van der Waals surface area contributed by atoms with Gasteiger partial charge < -0.3 is 10.2 Å². The SMILES string of the molecule is CCC(C)c1cc(O)c2ccccc2c1O. The van der Waals surface area contributed by atoms with Crippen molar-refractivity contribution < 1.29 is 10.2 Å². The minimum atomic E-state index is 0.240. The topological polar surface area (TPSA) is 40.5 Å². The molecule has 0 spiro atoms. The summed E-state index contributed by atoms with van der Waals surface area (Å²) in [6.07, 6.45) is 0.936. The van der Waals surface area contributed by atoms with Crippen LogP contribution < -0.4 is 0 Å². The van der Waals surface area contributed by atoms with Crippen molar-refractivity contribution in [3.8, 4) is 11.5 Å². The Hall–Kier alpha value is -1.70. The van der Waals surface area contributed by atoms with Gasteiger partial charge >= 0.3 is 0 Å². The van der Waals surface area contributed by atoms with Crippen LogP contribution in [0.3, 0.4) is 0 Å². The normalized spacial score (nSPS) is 12.9. The molecule has 2 aromatic rings. The first-order valence-electron chi connectivity index (χ1n) is 5.58. The van der Waals surface area contributed by atoms with Crippen molar-refractivity contribution in [3.63, 3.8) is 0 Å². The molecular formula is C14H16O2. The summed E-state index contributed by atoms with van der Waals surface area (Å²) in [5.74, 6) is 0.780. The zero-order chi connectivity index (χ0) is 11.7. The lowest BCUT2D eigenvalue weighted by molar-refractivity contribution is 0.458. The standard InChI is InChI=1S/C14H16O2/c1-3-9(2)12-8-13(15)10-6-4-5-7-11(10)14(12)16/h4-9,15-16H,3H2,1-2H3. The quantitative estimate of drug-likeness (QED) is 0.750. The predicted molar refractivity (Wildman–Crippen MR) is 66.0 cm³/mol. The molecule has 0 aromatic heterocycles. The molecule has 1 unspecified atom stereocenters. The highest BCUT2D eigenvalue weighted by atomic mass is 16.3. The molecule has 0 aliphatic rings. The first-order chi connectivity index (χ1) is 7.65. The van der Waals surface area contributed by atoms with Crippen LogP contribution in [0.25, 0.3) is 10.8 Å². The van der Waals surface area contributed by atoms with Crippen LogP contribution in [0.15, 0.2) is 30.3 Å². The van der Waals surface area contributed by atoms with Crippen molar-refractivity contribution in [2.45, 2.75) is 26.2 Å². The number of aromatic hydroxyl groups is 2. The van der Waals surface area contributed by atoms with Crippen LogP contribution in [0, 0.1) is 0 Å². The Kier molecular flexibility index (Phi) is 2.73. The van der Waals surface area contributed by atoms with Crippen molar-refractivity contribution in [2.75, 3.05) is 0 Å². The van der Waals surface area contributed by atoms with Gasteiger partial charge in [0.25, 0.3) is 0 Å². The van der Waals surface area contributed by atoms with E-state index in [0.29, 0.717) is 11.1 Å². The molecule has 84 valence electrons. The van der Waals surface area contributed by atoms with Crippen LogP contribution in [0.4, 0.5) is 0 Å². The fraction of sp³-hybridized carbons (Fsp3) is 0.286. The summed E-state index contributed by atoms with van der Waals surface area (Å²) in [7, 11) is 0. The summed E-state index contributed by atoms with van der Waals surface area (Å²) in [4.78, 5) is 0. The van der Waals surface area contributed by atoms with Gasteiger partial charge in [0.1, 0.15) is 11.5 Å². The minimum Gasteiger partial charge on any atom is -0.507 e. The maximum atomic E-state index is 10.2. The van der Waals surface area contributed by atoms with E-state index in [2.05, 4.69) is 6.92 Å². The molecule has 2 rings (SSSR count).